The van der Waals surface area contributed by atoms with Crippen LogP contribution in [0.3, 0.4) is 0 Å². The molecule has 0 aliphatic carbocycles. The van der Waals surface area contributed by atoms with E-state index < -0.39 is 11.9 Å². The average Bonchev–Trinajstić information content (AvgIpc) is 2.77. The SMILES string of the molecule is CN(C(=O)c1ccc(Br)c(F)c1)[C@@H]1CNC[C@H]1O. The van der Waals surface area contributed by atoms with Crippen LogP contribution in [0.5, 0.6) is 0 Å². The zero-order valence-corrected chi connectivity index (χ0v) is 11.4. The molecule has 1 fully saturated rings. The number of nitrogens with zero attached hydrogens (tertiary/aromatic N) is 1. The lowest BCUT2D eigenvalue weighted by atomic mass is 10.1. The molecule has 2 rings (SSSR count). The van der Waals surface area contributed by atoms with E-state index >= 15 is 0 Å². The number of nitrogens with one attached hydrogen (secondary N) is 1. The van der Waals surface area contributed by atoms with Crippen molar-refractivity contribution in [2.45, 2.75) is 12.1 Å². The molecule has 1 aromatic rings. The average molecular weight is 317 g/mol. The molecule has 0 unspecified atom stereocenters. The number of halogens is 2. The van der Waals surface area contributed by atoms with Crippen molar-refractivity contribution in [3.8, 4) is 0 Å². The van der Waals surface area contributed by atoms with Gasteiger partial charge in [0, 0.05) is 25.7 Å². The third kappa shape index (κ3) is 2.55. The van der Waals surface area contributed by atoms with Gasteiger partial charge in [0.1, 0.15) is 5.82 Å². The second kappa shape index (κ2) is 5.34. The van der Waals surface area contributed by atoms with E-state index in [0.717, 1.165) is 0 Å². The summed E-state index contributed by atoms with van der Waals surface area (Å²) in [6, 6.07) is 3.97. The molecule has 6 heteroatoms. The molecule has 1 heterocycles. The molecule has 1 amide bonds. The first-order chi connectivity index (χ1) is 8.50. The number of likely N-dealkylation sites (N-methyl/N-ethyl adjacent to an activating group) is 1. The Morgan fingerprint density at radius 1 is 1.56 bits per heavy atom. The Kier molecular flexibility index (Phi) is 3.99. The predicted molar refractivity (Wildman–Crippen MR) is 68.9 cm³/mol. The predicted octanol–water partition coefficient (Wildman–Crippen LogP) is 0.993. The highest BCUT2D eigenvalue weighted by Gasteiger charge is 2.31. The van der Waals surface area contributed by atoms with Crippen molar-refractivity contribution >= 4 is 21.8 Å². The van der Waals surface area contributed by atoms with Crippen molar-refractivity contribution in [3.05, 3.63) is 34.1 Å². The topological polar surface area (TPSA) is 52.6 Å². The van der Waals surface area contributed by atoms with E-state index in [2.05, 4.69) is 21.2 Å². The lowest BCUT2D eigenvalue weighted by molar-refractivity contribution is 0.0581. The number of rotatable bonds is 2. The van der Waals surface area contributed by atoms with Crippen LogP contribution in [-0.4, -0.2) is 48.2 Å². The minimum Gasteiger partial charge on any atom is -0.390 e. The lowest BCUT2D eigenvalue weighted by Crippen LogP contribution is -2.44. The highest BCUT2D eigenvalue weighted by atomic mass is 79.9. The highest BCUT2D eigenvalue weighted by Crippen LogP contribution is 2.18. The standard InChI is InChI=1S/C12H14BrFN2O2/c1-16(10-5-15-6-11(10)17)12(18)7-2-3-8(13)9(14)4-7/h2-4,10-11,15,17H,5-6H2,1H3/t10-,11-/m1/s1. The molecule has 2 atom stereocenters. The van der Waals surface area contributed by atoms with Crippen molar-refractivity contribution in [3.63, 3.8) is 0 Å². The molecule has 0 bridgehead atoms. The molecule has 0 spiro atoms. The highest BCUT2D eigenvalue weighted by molar-refractivity contribution is 9.10. The fraction of sp³-hybridized carbons (Fsp3) is 0.417. The largest absolute Gasteiger partial charge is 0.390 e. The third-order valence-electron chi connectivity index (χ3n) is 3.14. The number of carbonyl (C=O) groups is 1. The Morgan fingerprint density at radius 3 is 2.83 bits per heavy atom. The number of carbonyl (C=O) groups excluding carboxylic acids is 1. The van der Waals surface area contributed by atoms with Crippen LogP contribution in [0.4, 0.5) is 4.39 Å². The molecular formula is C12H14BrFN2O2. The molecular weight excluding hydrogens is 303 g/mol. The minimum atomic E-state index is -0.584. The summed E-state index contributed by atoms with van der Waals surface area (Å²) in [7, 11) is 1.61. The molecule has 18 heavy (non-hydrogen) atoms. The summed E-state index contributed by atoms with van der Waals surface area (Å²) in [5, 5.41) is 12.7. The van der Waals surface area contributed by atoms with Gasteiger partial charge in [0.25, 0.3) is 5.91 Å². The summed E-state index contributed by atoms with van der Waals surface area (Å²) < 4.78 is 13.7. The Hall–Kier alpha value is -0.980. The fourth-order valence-electron chi connectivity index (χ4n) is 2.03. The van der Waals surface area contributed by atoms with Crippen LogP contribution in [-0.2, 0) is 0 Å². The van der Waals surface area contributed by atoms with Crippen molar-refractivity contribution in [1.29, 1.82) is 0 Å². The summed E-state index contributed by atoms with van der Waals surface area (Å²) in [4.78, 5) is 13.6. The number of amides is 1. The van der Waals surface area contributed by atoms with Crippen LogP contribution < -0.4 is 5.32 Å². The molecule has 0 radical (unpaired) electrons. The number of aliphatic hydroxyl groups excluding tert-OH is 1. The van der Waals surface area contributed by atoms with Crippen LogP contribution in [0.1, 0.15) is 10.4 Å². The second-order valence-electron chi connectivity index (χ2n) is 4.34. The molecule has 1 aliphatic heterocycles. The Labute approximate surface area is 113 Å². The Balaban J connectivity index is 2.17. The van der Waals surface area contributed by atoms with Gasteiger partial charge in [-0.3, -0.25) is 4.79 Å². The van der Waals surface area contributed by atoms with E-state index in [1.54, 1.807) is 13.1 Å². The van der Waals surface area contributed by atoms with Gasteiger partial charge in [-0.1, -0.05) is 0 Å². The van der Waals surface area contributed by atoms with Crippen molar-refractivity contribution in [2.75, 3.05) is 20.1 Å². The van der Waals surface area contributed by atoms with Gasteiger partial charge in [-0.2, -0.15) is 0 Å². The smallest absolute Gasteiger partial charge is 0.254 e. The molecule has 0 aromatic heterocycles. The molecule has 98 valence electrons. The monoisotopic (exact) mass is 316 g/mol. The van der Waals surface area contributed by atoms with Crippen molar-refractivity contribution < 1.29 is 14.3 Å². The van der Waals surface area contributed by atoms with Gasteiger partial charge in [-0.05, 0) is 34.1 Å². The quantitative estimate of drug-likeness (QED) is 0.855. The summed E-state index contributed by atoms with van der Waals surface area (Å²) in [6.07, 6.45) is -0.584. The Morgan fingerprint density at radius 2 is 2.28 bits per heavy atom. The van der Waals surface area contributed by atoms with Crippen LogP contribution in [0.15, 0.2) is 22.7 Å². The molecule has 0 saturated carbocycles. The second-order valence-corrected chi connectivity index (χ2v) is 5.19. The molecule has 1 saturated heterocycles. The zero-order valence-electron chi connectivity index (χ0n) is 9.86. The first-order valence-electron chi connectivity index (χ1n) is 5.61. The maximum absolute atomic E-state index is 13.4. The van der Waals surface area contributed by atoms with E-state index in [9.17, 15) is 14.3 Å². The van der Waals surface area contributed by atoms with E-state index in [1.165, 1.54) is 17.0 Å². The molecule has 2 N–H and O–H groups in total. The minimum absolute atomic E-state index is 0.274. The molecule has 4 nitrogen and oxygen atoms in total. The van der Waals surface area contributed by atoms with E-state index in [0.29, 0.717) is 17.6 Å². The van der Waals surface area contributed by atoms with Crippen LogP contribution >= 0.6 is 15.9 Å². The van der Waals surface area contributed by atoms with Gasteiger partial charge >= 0.3 is 0 Å². The van der Waals surface area contributed by atoms with E-state index in [1.807, 2.05) is 0 Å². The van der Waals surface area contributed by atoms with E-state index in [4.69, 9.17) is 0 Å². The molecule has 1 aromatic carbocycles. The normalized spacial score (nSPS) is 23.1. The van der Waals surface area contributed by atoms with Gasteiger partial charge in [0.05, 0.1) is 16.6 Å². The van der Waals surface area contributed by atoms with Crippen LogP contribution in [0.25, 0.3) is 0 Å². The summed E-state index contributed by atoms with van der Waals surface area (Å²) in [5.41, 5.74) is 0.275. The van der Waals surface area contributed by atoms with Gasteiger partial charge in [-0.15, -0.1) is 0 Å². The fourth-order valence-corrected chi connectivity index (χ4v) is 2.28. The third-order valence-corrected chi connectivity index (χ3v) is 3.78. The van der Waals surface area contributed by atoms with Gasteiger partial charge in [0.2, 0.25) is 0 Å². The summed E-state index contributed by atoms with van der Waals surface area (Å²) in [5.74, 6) is -0.770. The molecule has 1 aliphatic rings. The number of benzene rings is 1. The van der Waals surface area contributed by atoms with Gasteiger partial charge in [-0.25, -0.2) is 4.39 Å². The van der Waals surface area contributed by atoms with Gasteiger partial charge in [0.15, 0.2) is 0 Å². The maximum atomic E-state index is 13.4. The Bertz CT molecular complexity index is 469. The van der Waals surface area contributed by atoms with Crippen LogP contribution in [0, 0.1) is 5.82 Å². The zero-order chi connectivity index (χ0) is 13.3. The number of hydrogen-bond donors (Lipinski definition) is 2. The summed E-state index contributed by atoms with van der Waals surface area (Å²) >= 11 is 3.04. The first kappa shape index (κ1) is 13.5. The van der Waals surface area contributed by atoms with E-state index in [-0.39, 0.29) is 17.5 Å². The summed E-state index contributed by atoms with van der Waals surface area (Å²) in [6.45, 7) is 1.01. The van der Waals surface area contributed by atoms with Crippen molar-refractivity contribution in [2.24, 2.45) is 0 Å². The van der Waals surface area contributed by atoms with Crippen LogP contribution in [0.2, 0.25) is 0 Å². The lowest BCUT2D eigenvalue weighted by Gasteiger charge is -2.26. The number of hydrogen-bond acceptors (Lipinski definition) is 3. The number of aliphatic hydroxyl groups is 1. The van der Waals surface area contributed by atoms with Gasteiger partial charge < -0.3 is 15.3 Å². The number of β-amino-alcohol motifs (C(OH)–C–C–N with tert-alkyl or cyclic N) is 1. The maximum Gasteiger partial charge on any atom is 0.254 e. The van der Waals surface area contributed by atoms with Crippen molar-refractivity contribution in [1.82, 2.24) is 10.2 Å². The first-order valence-corrected chi connectivity index (χ1v) is 6.41.